The van der Waals surface area contributed by atoms with E-state index in [1.165, 1.54) is 7.11 Å². The number of aromatic amines is 1. The van der Waals surface area contributed by atoms with Crippen molar-refractivity contribution in [2.75, 3.05) is 7.11 Å². The summed E-state index contributed by atoms with van der Waals surface area (Å²) in [5.74, 6) is -0.409. The minimum atomic E-state index is -0.409. The molecule has 0 aliphatic rings. The molecule has 0 unspecified atom stereocenters. The van der Waals surface area contributed by atoms with Crippen LogP contribution in [0.15, 0.2) is 19.2 Å². The molecule has 3 nitrogen and oxygen atoms in total. The lowest BCUT2D eigenvalue weighted by Gasteiger charge is -1.95. The molecule has 1 rings (SSSR count). The first kappa shape index (κ1) is 10.8. The van der Waals surface area contributed by atoms with Gasteiger partial charge >= 0.3 is 5.97 Å². The van der Waals surface area contributed by atoms with Crippen molar-refractivity contribution in [1.29, 1.82) is 0 Å². The number of rotatable bonds is 3. The minimum Gasteiger partial charge on any atom is -0.464 e. The number of aromatic nitrogens is 1. The summed E-state index contributed by atoms with van der Waals surface area (Å²) in [5.41, 5.74) is 1.94. The minimum absolute atomic E-state index is 0.387. The quantitative estimate of drug-likeness (QED) is 0.845. The summed E-state index contributed by atoms with van der Waals surface area (Å²) in [6.07, 6.45) is 1.64. The van der Waals surface area contributed by atoms with Crippen LogP contribution in [0, 0.1) is 0 Å². The van der Waals surface area contributed by atoms with Crippen molar-refractivity contribution in [3.63, 3.8) is 0 Å². The number of H-pyrrole nitrogens is 1. The molecule has 0 fully saturated rings. The van der Waals surface area contributed by atoms with Crippen LogP contribution in [0.3, 0.4) is 0 Å². The predicted molar refractivity (Wildman–Crippen MR) is 60.2 cm³/mol. The number of hydrogen-bond acceptors (Lipinski definition) is 2. The third-order valence-electron chi connectivity index (χ3n) is 1.74. The molecule has 0 atom stereocenters. The highest BCUT2D eigenvalue weighted by atomic mass is 79.9. The summed E-state index contributed by atoms with van der Waals surface area (Å²) in [7, 11) is 1.33. The fourth-order valence-electron chi connectivity index (χ4n) is 1.08. The highest BCUT2D eigenvalue weighted by Gasteiger charge is 2.12. The summed E-state index contributed by atoms with van der Waals surface area (Å²) >= 11 is 3.23. The first-order valence-electron chi connectivity index (χ1n) is 3.88. The van der Waals surface area contributed by atoms with Crippen LogP contribution in [0.5, 0.6) is 0 Å². The number of halogens is 1. The Balaban J connectivity index is 3.19. The van der Waals surface area contributed by atoms with E-state index in [9.17, 15) is 4.79 Å². The van der Waals surface area contributed by atoms with Crippen molar-refractivity contribution in [2.24, 2.45) is 0 Å². The number of ether oxygens (including phenoxy) is 1. The Bertz CT molecular complexity index is 393. The molecule has 0 bridgehead atoms. The molecule has 0 aliphatic heterocycles. The van der Waals surface area contributed by atoms with E-state index < -0.39 is 5.97 Å². The van der Waals surface area contributed by atoms with Crippen LogP contribution in [0.25, 0.3) is 10.6 Å². The Morgan fingerprint density at radius 1 is 1.71 bits per heavy atom. The van der Waals surface area contributed by atoms with E-state index in [1.54, 1.807) is 12.1 Å². The van der Waals surface area contributed by atoms with Gasteiger partial charge in [0, 0.05) is 10.0 Å². The smallest absolute Gasteiger partial charge is 0.354 e. The van der Waals surface area contributed by atoms with Gasteiger partial charge in [-0.15, -0.1) is 0 Å². The summed E-state index contributed by atoms with van der Waals surface area (Å²) in [5, 5.41) is 0. The lowest BCUT2D eigenvalue weighted by molar-refractivity contribution is 0.0595. The second-order valence-corrected chi connectivity index (χ2v) is 3.57. The Kier molecular flexibility index (Phi) is 3.30. The van der Waals surface area contributed by atoms with Gasteiger partial charge in [0.1, 0.15) is 5.69 Å². The largest absolute Gasteiger partial charge is 0.464 e. The van der Waals surface area contributed by atoms with Crippen LogP contribution in [-0.2, 0) is 4.74 Å². The third kappa shape index (κ3) is 1.96. The molecule has 14 heavy (non-hydrogen) atoms. The Labute approximate surface area is 90.6 Å². The topological polar surface area (TPSA) is 42.1 Å². The summed E-state index contributed by atoms with van der Waals surface area (Å²) in [6, 6.07) is 1.67. The monoisotopic (exact) mass is 255 g/mol. The van der Waals surface area contributed by atoms with E-state index in [-0.39, 0.29) is 0 Å². The van der Waals surface area contributed by atoms with Gasteiger partial charge in [0.05, 0.1) is 12.8 Å². The van der Waals surface area contributed by atoms with Crippen molar-refractivity contribution in [3.05, 3.63) is 36.2 Å². The van der Waals surface area contributed by atoms with Gasteiger partial charge in [-0.2, -0.15) is 0 Å². The first-order chi connectivity index (χ1) is 6.60. The molecule has 0 spiro atoms. The molecule has 1 N–H and O–H groups in total. The van der Waals surface area contributed by atoms with E-state index in [0.717, 1.165) is 11.3 Å². The Morgan fingerprint density at radius 2 is 2.36 bits per heavy atom. The average molecular weight is 256 g/mol. The highest BCUT2D eigenvalue weighted by Crippen LogP contribution is 2.24. The van der Waals surface area contributed by atoms with Crippen molar-refractivity contribution in [3.8, 4) is 0 Å². The van der Waals surface area contributed by atoms with Crippen molar-refractivity contribution in [1.82, 2.24) is 4.98 Å². The van der Waals surface area contributed by atoms with Gasteiger partial charge in [-0.1, -0.05) is 19.2 Å². The molecule has 0 aromatic carbocycles. The fraction of sp³-hybridized carbons (Fsp3) is 0.100. The number of carbonyl (C=O) groups excluding carboxylic acids is 1. The molecular formula is C10H10BrNO2. The zero-order chi connectivity index (χ0) is 10.7. The van der Waals surface area contributed by atoms with Crippen LogP contribution in [-0.4, -0.2) is 18.1 Å². The van der Waals surface area contributed by atoms with Gasteiger partial charge in [0.25, 0.3) is 0 Å². The van der Waals surface area contributed by atoms with Crippen molar-refractivity contribution >= 4 is 32.5 Å². The van der Waals surface area contributed by atoms with Crippen molar-refractivity contribution in [2.45, 2.75) is 0 Å². The molecule has 1 aromatic heterocycles. The standard InChI is InChI=1S/C10H10BrNO2/c1-4-7-5-8(10(13)14-3)12-9(7)6(2)11/h4-5,12H,1-2H2,3H3. The number of nitrogens with one attached hydrogen (secondary N) is 1. The number of methoxy groups -OCH3 is 1. The average Bonchev–Trinajstić information content (AvgIpc) is 2.60. The third-order valence-corrected chi connectivity index (χ3v) is 2.14. The van der Waals surface area contributed by atoms with Gasteiger partial charge in [0.2, 0.25) is 0 Å². The van der Waals surface area contributed by atoms with Crippen molar-refractivity contribution < 1.29 is 9.53 Å². The van der Waals surface area contributed by atoms with Crippen LogP contribution < -0.4 is 0 Å². The number of esters is 1. The lowest BCUT2D eigenvalue weighted by Crippen LogP contribution is -2.01. The molecule has 0 aliphatic carbocycles. The molecule has 0 saturated heterocycles. The maximum atomic E-state index is 11.2. The summed E-state index contributed by atoms with van der Waals surface area (Å²) in [4.78, 5) is 14.1. The van der Waals surface area contributed by atoms with Crippen LogP contribution >= 0.6 is 15.9 Å². The van der Waals surface area contributed by atoms with Crippen LogP contribution in [0.2, 0.25) is 0 Å². The van der Waals surface area contributed by atoms with Gasteiger partial charge in [0.15, 0.2) is 0 Å². The normalized spacial score (nSPS) is 9.57. The van der Waals surface area contributed by atoms with Crippen LogP contribution in [0.4, 0.5) is 0 Å². The van der Waals surface area contributed by atoms with E-state index in [0.29, 0.717) is 10.2 Å². The lowest BCUT2D eigenvalue weighted by atomic mass is 10.2. The van der Waals surface area contributed by atoms with Gasteiger partial charge in [-0.05, 0) is 22.0 Å². The molecule has 1 aromatic rings. The maximum absolute atomic E-state index is 11.2. The zero-order valence-corrected chi connectivity index (χ0v) is 9.35. The van der Waals surface area contributed by atoms with E-state index in [1.807, 2.05) is 0 Å². The summed E-state index contributed by atoms with van der Waals surface area (Å²) < 4.78 is 5.25. The molecule has 0 saturated carbocycles. The molecule has 0 amide bonds. The SMILES string of the molecule is C=Cc1cc(C(=O)OC)[nH]c1C(=C)Br. The molecular weight excluding hydrogens is 246 g/mol. The first-order valence-corrected chi connectivity index (χ1v) is 4.68. The zero-order valence-electron chi connectivity index (χ0n) is 7.76. The van der Waals surface area contributed by atoms with Gasteiger partial charge < -0.3 is 9.72 Å². The summed E-state index contributed by atoms with van der Waals surface area (Å²) in [6.45, 7) is 7.36. The Hall–Kier alpha value is -1.29. The predicted octanol–water partition coefficient (Wildman–Crippen LogP) is 2.81. The molecule has 4 heteroatoms. The molecule has 1 heterocycles. The Morgan fingerprint density at radius 3 is 2.71 bits per heavy atom. The fourth-order valence-corrected chi connectivity index (χ4v) is 1.40. The molecule has 0 radical (unpaired) electrons. The maximum Gasteiger partial charge on any atom is 0.354 e. The number of hydrogen-bond donors (Lipinski definition) is 1. The number of carbonyl (C=O) groups is 1. The highest BCUT2D eigenvalue weighted by molar-refractivity contribution is 9.15. The van der Waals surface area contributed by atoms with Gasteiger partial charge in [-0.25, -0.2) is 4.79 Å². The van der Waals surface area contributed by atoms with Crippen LogP contribution in [0.1, 0.15) is 21.7 Å². The second kappa shape index (κ2) is 4.28. The van der Waals surface area contributed by atoms with Gasteiger partial charge in [-0.3, -0.25) is 0 Å². The van der Waals surface area contributed by atoms with E-state index in [2.05, 4.69) is 38.8 Å². The molecule has 74 valence electrons. The second-order valence-electron chi connectivity index (χ2n) is 2.61. The van der Waals surface area contributed by atoms with E-state index in [4.69, 9.17) is 0 Å². The van der Waals surface area contributed by atoms with E-state index >= 15 is 0 Å².